The summed E-state index contributed by atoms with van der Waals surface area (Å²) in [6.07, 6.45) is 5.42. The summed E-state index contributed by atoms with van der Waals surface area (Å²) in [5.41, 5.74) is 2.30. The molecule has 1 spiro atoms. The second kappa shape index (κ2) is 7.47. The van der Waals surface area contributed by atoms with Crippen LogP contribution in [0.3, 0.4) is 0 Å². The molecule has 2 heterocycles. The fraction of sp³-hybridized carbons (Fsp3) is 0.455. The number of amides is 2. The van der Waals surface area contributed by atoms with E-state index in [4.69, 9.17) is 0 Å². The van der Waals surface area contributed by atoms with Crippen LogP contribution >= 0.6 is 11.3 Å². The summed E-state index contributed by atoms with van der Waals surface area (Å²) >= 11 is 1.50. The molecule has 27 heavy (non-hydrogen) atoms. The number of carbonyl (C=O) groups is 2. The molecule has 0 bridgehead atoms. The minimum Gasteiger partial charge on any atom is -0.349 e. The normalized spacial score (nSPS) is 25.1. The zero-order valence-electron chi connectivity index (χ0n) is 15.7. The number of aryl methyl sites for hydroxylation is 1. The molecule has 2 amide bonds. The predicted molar refractivity (Wildman–Crippen MR) is 108 cm³/mol. The van der Waals surface area contributed by atoms with E-state index in [9.17, 15) is 9.59 Å². The third kappa shape index (κ3) is 3.79. The average Bonchev–Trinajstić information content (AvgIpc) is 3.24. The van der Waals surface area contributed by atoms with Crippen molar-refractivity contribution in [3.63, 3.8) is 0 Å². The zero-order valence-corrected chi connectivity index (χ0v) is 16.6. The molecule has 4 rings (SSSR count). The first-order valence-corrected chi connectivity index (χ1v) is 10.6. The van der Waals surface area contributed by atoms with E-state index in [-0.39, 0.29) is 23.4 Å². The topological polar surface area (TPSA) is 49.4 Å². The molecule has 142 valence electrons. The molecular formula is C22H26N2O2S. The van der Waals surface area contributed by atoms with E-state index in [1.807, 2.05) is 36.6 Å². The highest BCUT2D eigenvalue weighted by atomic mass is 32.1. The van der Waals surface area contributed by atoms with Crippen molar-refractivity contribution in [2.45, 2.75) is 63.6 Å². The number of hydrogen-bond acceptors (Lipinski definition) is 3. The van der Waals surface area contributed by atoms with Crippen LogP contribution in [0.5, 0.6) is 0 Å². The van der Waals surface area contributed by atoms with E-state index in [0.29, 0.717) is 13.0 Å². The fourth-order valence-electron chi connectivity index (χ4n) is 4.52. The Hall–Kier alpha value is -2.14. The van der Waals surface area contributed by atoms with Crippen molar-refractivity contribution >= 4 is 23.2 Å². The van der Waals surface area contributed by atoms with Crippen LogP contribution in [0, 0.1) is 6.92 Å². The van der Waals surface area contributed by atoms with Gasteiger partial charge in [0.2, 0.25) is 5.91 Å². The molecule has 1 aromatic carbocycles. The predicted octanol–water partition coefficient (Wildman–Crippen LogP) is 4.29. The van der Waals surface area contributed by atoms with Crippen LogP contribution in [0.15, 0.2) is 41.8 Å². The minimum absolute atomic E-state index is 0.0202. The van der Waals surface area contributed by atoms with E-state index in [1.165, 1.54) is 16.9 Å². The van der Waals surface area contributed by atoms with Crippen LogP contribution in [0.4, 0.5) is 0 Å². The van der Waals surface area contributed by atoms with Gasteiger partial charge in [-0.3, -0.25) is 9.59 Å². The van der Waals surface area contributed by atoms with E-state index in [2.05, 4.69) is 22.3 Å². The van der Waals surface area contributed by atoms with Gasteiger partial charge in [0.15, 0.2) is 0 Å². The minimum atomic E-state index is -0.0202. The van der Waals surface area contributed by atoms with E-state index in [0.717, 1.165) is 42.5 Å². The standard InChI is InChI=1S/C22H26N2O2S/c1-16-13-19(27-15-16)21(26)23-18-7-10-22(11-8-18)12-9-20(25)24(22)14-17-5-3-2-4-6-17/h2-6,13,15,18H,7-12,14H2,1H3,(H,23,26). The van der Waals surface area contributed by atoms with Gasteiger partial charge in [-0.2, -0.15) is 0 Å². The number of nitrogens with zero attached hydrogens (tertiary/aromatic N) is 1. The highest BCUT2D eigenvalue weighted by Crippen LogP contribution is 2.43. The van der Waals surface area contributed by atoms with Gasteiger partial charge in [-0.1, -0.05) is 30.3 Å². The van der Waals surface area contributed by atoms with Crippen molar-refractivity contribution in [3.8, 4) is 0 Å². The molecule has 1 N–H and O–H groups in total. The maximum atomic E-state index is 12.6. The van der Waals surface area contributed by atoms with Gasteiger partial charge in [0.05, 0.1) is 4.88 Å². The number of likely N-dealkylation sites (tertiary alicyclic amines) is 1. The highest BCUT2D eigenvalue weighted by Gasteiger charge is 2.47. The Bertz CT molecular complexity index is 822. The number of carbonyl (C=O) groups excluding carboxylic acids is 2. The maximum Gasteiger partial charge on any atom is 0.261 e. The Morgan fingerprint density at radius 2 is 1.96 bits per heavy atom. The average molecular weight is 383 g/mol. The van der Waals surface area contributed by atoms with Gasteiger partial charge in [0, 0.05) is 24.5 Å². The van der Waals surface area contributed by atoms with Crippen LogP contribution in [0.1, 0.15) is 59.3 Å². The number of benzene rings is 1. The molecule has 4 nitrogen and oxygen atoms in total. The van der Waals surface area contributed by atoms with Crippen LogP contribution in [0.2, 0.25) is 0 Å². The Labute approximate surface area is 164 Å². The lowest BCUT2D eigenvalue weighted by Crippen LogP contribution is -2.50. The second-order valence-electron chi connectivity index (χ2n) is 7.93. The molecule has 0 atom stereocenters. The SMILES string of the molecule is Cc1csc(C(=O)NC2CCC3(CCC(=O)N3Cc3ccccc3)CC2)c1. The lowest BCUT2D eigenvalue weighted by Gasteiger charge is -2.44. The van der Waals surface area contributed by atoms with Crippen molar-refractivity contribution in [2.75, 3.05) is 0 Å². The van der Waals surface area contributed by atoms with Gasteiger partial charge in [0.1, 0.15) is 0 Å². The molecule has 1 saturated heterocycles. The Morgan fingerprint density at radius 1 is 1.22 bits per heavy atom. The molecule has 1 aliphatic carbocycles. The quantitative estimate of drug-likeness (QED) is 0.857. The smallest absolute Gasteiger partial charge is 0.261 e. The summed E-state index contributed by atoms with van der Waals surface area (Å²) in [5.74, 6) is 0.313. The highest BCUT2D eigenvalue weighted by molar-refractivity contribution is 7.12. The Balaban J connectivity index is 1.39. The van der Waals surface area contributed by atoms with Gasteiger partial charge in [-0.05, 0) is 61.6 Å². The lowest BCUT2D eigenvalue weighted by molar-refractivity contribution is -0.133. The number of rotatable bonds is 4. The molecular weight excluding hydrogens is 356 g/mol. The first-order chi connectivity index (χ1) is 13.1. The summed E-state index contributed by atoms with van der Waals surface area (Å²) in [6, 6.07) is 12.4. The number of thiophene rings is 1. The molecule has 2 aliphatic rings. The van der Waals surface area contributed by atoms with E-state index in [1.54, 1.807) is 0 Å². The summed E-state index contributed by atoms with van der Waals surface area (Å²) in [5, 5.41) is 5.21. The lowest BCUT2D eigenvalue weighted by atomic mass is 9.77. The van der Waals surface area contributed by atoms with Crippen LogP contribution in [0.25, 0.3) is 0 Å². The monoisotopic (exact) mass is 382 g/mol. The fourth-order valence-corrected chi connectivity index (χ4v) is 5.32. The van der Waals surface area contributed by atoms with Crippen molar-refractivity contribution in [1.29, 1.82) is 0 Å². The third-order valence-electron chi connectivity index (χ3n) is 6.07. The van der Waals surface area contributed by atoms with Gasteiger partial charge in [-0.25, -0.2) is 0 Å². The van der Waals surface area contributed by atoms with E-state index < -0.39 is 0 Å². The van der Waals surface area contributed by atoms with Gasteiger partial charge in [0.25, 0.3) is 5.91 Å². The molecule has 1 aliphatic heterocycles. The van der Waals surface area contributed by atoms with Crippen LogP contribution in [-0.2, 0) is 11.3 Å². The Kier molecular flexibility index (Phi) is 5.04. The number of nitrogens with one attached hydrogen (secondary N) is 1. The molecule has 0 radical (unpaired) electrons. The number of hydrogen-bond donors (Lipinski definition) is 1. The first kappa shape index (κ1) is 18.2. The maximum absolute atomic E-state index is 12.6. The molecule has 5 heteroatoms. The van der Waals surface area contributed by atoms with E-state index >= 15 is 0 Å². The largest absolute Gasteiger partial charge is 0.349 e. The molecule has 1 aromatic heterocycles. The summed E-state index contributed by atoms with van der Waals surface area (Å²) in [7, 11) is 0. The van der Waals surface area contributed by atoms with Gasteiger partial charge < -0.3 is 10.2 Å². The van der Waals surface area contributed by atoms with Crippen molar-refractivity contribution in [2.24, 2.45) is 0 Å². The Morgan fingerprint density at radius 3 is 2.63 bits per heavy atom. The first-order valence-electron chi connectivity index (χ1n) is 9.76. The summed E-state index contributed by atoms with van der Waals surface area (Å²) in [4.78, 5) is 27.9. The van der Waals surface area contributed by atoms with Gasteiger partial charge in [-0.15, -0.1) is 11.3 Å². The van der Waals surface area contributed by atoms with Gasteiger partial charge >= 0.3 is 0 Å². The molecule has 2 fully saturated rings. The molecule has 2 aromatic rings. The molecule has 1 saturated carbocycles. The van der Waals surface area contributed by atoms with Crippen molar-refractivity contribution in [3.05, 3.63) is 57.8 Å². The molecule has 0 unspecified atom stereocenters. The van der Waals surface area contributed by atoms with Crippen molar-refractivity contribution in [1.82, 2.24) is 10.2 Å². The zero-order chi connectivity index (χ0) is 18.9. The summed E-state index contributed by atoms with van der Waals surface area (Å²) < 4.78 is 0. The summed E-state index contributed by atoms with van der Waals surface area (Å²) in [6.45, 7) is 2.71. The third-order valence-corrected chi connectivity index (χ3v) is 7.11. The van der Waals surface area contributed by atoms with Crippen LogP contribution in [-0.4, -0.2) is 28.3 Å². The second-order valence-corrected chi connectivity index (χ2v) is 8.84. The van der Waals surface area contributed by atoms with Crippen molar-refractivity contribution < 1.29 is 9.59 Å². The van der Waals surface area contributed by atoms with Crippen LogP contribution < -0.4 is 5.32 Å².